The molecule has 5 heteroatoms. The van der Waals surface area contributed by atoms with Gasteiger partial charge in [-0.25, -0.2) is 0 Å². The molecular weight excluding hydrogens is 293 g/mol. The maximum atomic E-state index is 6.05. The highest BCUT2D eigenvalue weighted by atomic mass is 35.5. The predicted molar refractivity (Wildman–Crippen MR) is 84.6 cm³/mol. The van der Waals surface area contributed by atoms with E-state index in [4.69, 9.17) is 23.2 Å². The van der Waals surface area contributed by atoms with E-state index in [9.17, 15) is 0 Å². The molecule has 0 aliphatic carbocycles. The van der Waals surface area contributed by atoms with Crippen molar-refractivity contribution in [2.24, 2.45) is 0 Å². The molecule has 1 unspecified atom stereocenters. The first-order valence-corrected chi connectivity index (χ1v) is 7.04. The zero-order chi connectivity index (χ0) is 14.1. The van der Waals surface area contributed by atoms with Gasteiger partial charge in [0.15, 0.2) is 0 Å². The Bertz CT molecular complexity index is 752. The van der Waals surface area contributed by atoms with Crippen molar-refractivity contribution in [3.8, 4) is 0 Å². The number of hydrogen-bond acceptors (Lipinski definition) is 2. The first-order valence-electron chi connectivity index (χ1n) is 6.28. The second-order valence-electron chi connectivity index (χ2n) is 4.71. The van der Waals surface area contributed by atoms with E-state index in [1.807, 2.05) is 36.5 Å². The Morgan fingerprint density at radius 1 is 1.10 bits per heavy atom. The summed E-state index contributed by atoms with van der Waals surface area (Å²) in [6.45, 7) is 2.08. The van der Waals surface area contributed by atoms with Gasteiger partial charge >= 0.3 is 0 Å². The summed E-state index contributed by atoms with van der Waals surface area (Å²) in [7, 11) is 0. The Morgan fingerprint density at radius 2 is 1.95 bits per heavy atom. The summed E-state index contributed by atoms with van der Waals surface area (Å²) in [5.74, 6) is 0. The normalized spacial score (nSPS) is 12.6. The van der Waals surface area contributed by atoms with Gasteiger partial charge in [0.1, 0.15) is 0 Å². The van der Waals surface area contributed by atoms with Crippen LogP contribution in [0.15, 0.2) is 42.6 Å². The number of aromatic amines is 1. The quantitative estimate of drug-likeness (QED) is 0.711. The highest BCUT2D eigenvalue weighted by Crippen LogP contribution is 2.28. The number of nitrogens with one attached hydrogen (secondary N) is 2. The van der Waals surface area contributed by atoms with Gasteiger partial charge in [-0.05, 0) is 42.8 Å². The minimum Gasteiger partial charge on any atom is -0.379 e. The number of halogens is 2. The Hall–Kier alpha value is -1.71. The SMILES string of the molecule is CC(Nc1ccc2[nH]ncc2c1)c1ccc(Cl)c(Cl)c1. The third-order valence-electron chi connectivity index (χ3n) is 3.27. The molecule has 1 atom stereocenters. The molecule has 3 aromatic rings. The van der Waals surface area contributed by atoms with E-state index in [0.717, 1.165) is 22.2 Å². The molecule has 1 aromatic heterocycles. The van der Waals surface area contributed by atoms with Crippen molar-refractivity contribution in [1.29, 1.82) is 0 Å². The average Bonchev–Trinajstić information content (AvgIpc) is 2.89. The molecule has 0 bridgehead atoms. The Balaban J connectivity index is 1.83. The number of fused-ring (bicyclic) bond motifs is 1. The fourth-order valence-corrected chi connectivity index (χ4v) is 2.45. The van der Waals surface area contributed by atoms with Gasteiger partial charge in [-0.2, -0.15) is 5.10 Å². The molecule has 2 N–H and O–H groups in total. The fraction of sp³-hybridized carbons (Fsp3) is 0.133. The van der Waals surface area contributed by atoms with Gasteiger partial charge in [-0.1, -0.05) is 29.3 Å². The average molecular weight is 306 g/mol. The number of H-pyrrole nitrogens is 1. The van der Waals surface area contributed by atoms with Crippen LogP contribution < -0.4 is 5.32 Å². The van der Waals surface area contributed by atoms with Gasteiger partial charge in [0.2, 0.25) is 0 Å². The van der Waals surface area contributed by atoms with Crippen molar-refractivity contribution in [2.75, 3.05) is 5.32 Å². The van der Waals surface area contributed by atoms with E-state index in [1.165, 1.54) is 0 Å². The summed E-state index contributed by atoms with van der Waals surface area (Å²) in [5, 5.41) is 12.6. The third kappa shape index (κ3) is 2.60. The molecule has 0 radical (unpaired) electrons. The fourth-order valence-electron chi connectivity index (χ4n) is 2.15. The smallest absolute Gasteiger partial charge is 0.0651 e. The minimum absolute atomic E-state index is 0.133. The molecule has 3 rings (SSSR count). The molecule has 0 amide bonds. The zero-order valence-corrected chi connectivity index (χ0v) is 12.3. The summed E-state index contributed by atoms with van der Waals surface area (Å²) in [6, 6.07) is 11.9. The van der Waals surface area contributed by atoms with Gasteiger partial charge in [-0.15, -0.1) is 0 Å². The molecule has 0 saturated carbocycles. The molecule has 0 aliphatic heterocycles. The highest BCUT2D eigenvalue weighted by Gasteiger charge is 2.08. The molecule has 102 valence electrons. The molecule has 1 heterocycles. The number of rotatable bonds is 3. The van der Waals surface area contributed by atoms with Crippen LogP contribution in [0.25, 0.3) is 10.9 Å². The summed E-state index contributed by atoms with van der Waals surface area (Å²) >= 11 is 12.0. The number of hydrogen-bond donors (Lipinski definition) is 2. The number of aromatic nitrogens is 2. The van der Waals surface area contributed by atoms with E-state index < -0.39 is 0 Å². The van der Waals surface area contributed by atoms with E-state index in [1.54, 1.807) is 0 Å². The van der Waals surface area contributed by atoms with Gasteiger partial charge in [0, 0.05) is 17.1 Å². The van der Waals surface area contributed by atoms with E-state index in [-0.39, 0.29) is 6.04 Å². The van der Waals surface area contributed by atoms with Crippen LogP contribution >= 0.6 is 23.2 Å². The third-order valence-corrected chi connectivity index (χ3v) is 4.01. The highest BCUT2D eigenvalue weighted by molar-refractivity contribution is 6.42. The van der Waals surface area contributed by atoms with Crippen molar-refractivity contribution in [3.05, 3.63) is 58.2 Å². The van der Waals surface area contributed by atoms with Gasteiger partial charge in [-0.3, -0.25) is 5.10 Å². The van der Waals surface area contributed by atoms with Crippen LogP contribution in [0.1, 0.15) is 18.5 Å². The lowest BCUT2D eigenvalue weighted by atomic mass is 10.1. The zero-order valence-electron chi connectivity index (χ0n) is 10.8. The van der Waals surface area contributed by atoms with Crippen LogP contribution in [0.3, 0.4) is 0 Å². The van der Waals surface area contributed by atoms with Gasteiger partial charge in [0.25, 0.3) is 0 Å². The van der Waals surface area contributed by atoms with Crippen LogP contribution in [0.2, 0.25) is 10.0 Å². The van der Waals surface area contributed by atoms with Crippen molar-refractivity contribution in [3.63, 3.8) is 0 Å². The molecule has 0 spiro atoms. The lowest BCUT2D eigenvalue weighted by molar-refractivity contribution is 0.885. The summed E-state index contributed by atoms with van der Waals surface area (Å²) in [4.78, 5) is 0. The Kier molecular flexibility index (Phi) is 3.55. The second-order valence-corrected chi connectivity index (χ2v) is 5.53. The molecule has 20 heavy (non-hydrogen) atoms. The maximum Gasteiger partial charge on any atom is 0.0651 e. The van der Waals surface area contributed by atoms with Crippen LogP contribution in [0, 0.1) is 0 Å². The second kappa shape index (κ2) is 5.35. The van der Waals surface area contributed by atoms with Crippen molar-refractivity contribution < 1.29 is 0 Å². The molecule has 0 saturated heterocycles. The number of benzene rings is 2. The molecular formula is C15H13Cl2N3. The minimum atomic E-state index is 0.133. The molecule has 0 fully saturated rings. The van der Waals surface area contributed by atoms with Crippen LogP contribution in [0.4, 0.5) is 5.69 Å². The van der Waals surface area contributed by atoms with Gasteiger partial charge < -0.3 is 5.32 Å². The Morgan fingerprint density at radius 3 is 2.75 bits per heavy atom. The van der Waals surface area contributed by atoms with Crippen LogP contribution in [-0.2, 0) is 0 Å². The molecule has 0 aliphatic rings. The topological polar surface area (TPSA) is 40.7 Å². The summed E-state index contributed by atoms with van der Waals surface area (Å²) in [5.41, 5.74) is 3.15. The van der Waals surface area contributed by atoms with E-state index >= 15 is 0 Å². The number of nitrogens with zero attached hydrogens (tertiary/aromatic N) is 1. The van der Waals surface area contributed by atoms with Gasteiger partial charge in [0.05, 0.1) is 21.8 Å². The first-order chi connectivity index (χ1) is 9.63. The van der Waals surface area contributed by atoms with Crippen molar-refractivity contribution in [1.82, 2.24) is 10.2 Å². The standard InChI is InChI=1S/C15H13Cl2N3/c1-9(10-2-4-13(16)14(17)7-10)19-12-3-5-15-11(6-12)8-18-20-15/h2-9,19H,1H3,(H,18,20). The summed E-state index contributed by atoms with van der Waals surface area (Å²) < 4.78 is 0. The molecule has 2 aromatic carbocycles. The van der Waals surface area contributed by atoms with Crippen LogP contribution in [-0.4, -0.2) is 10.2 Å². The largest absolute Gasteiger partial charge is 0.379 e. The van der Waals surface area contributed by atoms with E-state index in [0.29, 0.717) is 10.0 Å². The maximum absolute atomic E-state index is 6.05. The predicted octanol–water partition coefficient (Wildman–Crippen LogP) is 5.04. The lowest BCUT2D eigenvalue weighted by Gasteiger charge is -2.16. The van der Waals surface area contributed by atoms with Crippen LogP contribution in [0.5, 0.6) is 0 Å². The Labute approximate surface area is 126 Å². The number of anilines is 1. The monoisotopic (exact) mass is 305 g/mol. The summed E-state index contributed by atoms with van der Waals surface area (Å²) in [6.07, 6.45) is 1.81. The lowest BCUT2D eigenvalue weighted by Crippen LogP contribution is -2.06. The van der Waals surface area contributed by atoms with E-state index in [2.05, 4.69) is 28.5 Å². The van der Waals surface area contributed by atoms with Crippen molar-refractivity contribution in [2.45, 2.75) is 13.0 Å². The van der Waals surface area contributed by atoms with Crippen molar-refractivity contribution >= 4 is 39.8 Å². The molecule has 3 nitrogen and oxygen atoms in total. The first kappa shape index (κ1) is 13.3.